The van der Waals surface area contributed by atoms with Crippen LogP contribution in [0.5, 0.6) is 0 Å². The summed E-state index contributed by atoms with van der Waals surface area (Å²) in [6, 6.07) is 0. The van der Waals surface area contributed by atoms with Crippen LogP contribution in [0.3, 0.4) is 0 Å². The van der Waals surface area contributed by atoms with Gasteiger partial charge in [0.25, 0.3) is 0 Å². The lowest BCUT2D eigenvalue weighted by molar-refractivity contribution is -0.132. The van der Waals surface area contributed by atoms with Crippen LogP contribution in [0.25, 0.3) is 0 Å². The molecule has 0 radical (unpaired) electrons. The van der Waals surface area contributed by atoms with Crippen molar-refractivity contribution in [1.29, 1.82) is 0 Å². The third-order valence-electron chi connectivity index (χ3n) is 1.03. The van der Waals surface area contributed by atoms with Gasteiger partial charge in [-0.05, 0) is 13.3 Å². The molecule has 0 bridgehead atoms. The molecule has 0 aliphatic rings. The van der Waals surface area contributed by atoms with E-state index in [9.17, 15) is 4.79 Å². The number of carboxylic acid groups (broad SMARTS) is 1. The first-order valence-corrected chi connectivity index (χ1v) is 2.95. The van der Waals surface area contributed by atoms with Crippen LogP contribution in [0.1, 0.15) is 13.3 Å². The molecule has 0 saturated carbocycles. The Morgan fingerprint density at radius 1 is 1.70 bits per heavy atom. The fraction of sp³-hybridized carbons (Fsp3) is 0.500. The van der Waals surface area contributed by atoms with Gasteiger partial charge in [0.15, 0.2) is 0 Å². The maximum absolute atomic E-state index is 10.2. The molecule has 0 aromatic heterocycles. The molecule has 0 fully saturated rings. The molecule has 5 N–H and O–H groups in total. The number of rotatable bonds is 3. The van der Waals surface area contributed by atoms with Gasteiger partial charge in [0.2, 0.25) is 0 Å². The highest BCUT2D eigenvalue weighted by Crippen LogP contribution is 1.94. The van der Waals surface area contributed by atoms with Gasteiger partial charge in [0.1, 0.15) is 0 Å². The highest BCUT2D eigenvalue weighted by molar-refractivity contribution is 5.85. The van der Waals surface area contributed by atoms with Crippen molar-refractivity contribution >= 4 is 5.97 Å². The molecule has 0 aliphatic carbocycles. The van der Waals surface area contributed by atoms with Crippen molar-refractivity contribution in [2.45, 2.75) is 19.5 Å². The van der Waals surface area contributed by atoms with E-state index < -0.39 is 12.1 Å². The molecule has 0 rings (SSSR count). The monoisotopic (exact) mass is 144 g/mol. The molecule has 0 aliphatic heterocycles. The van der Waals surface area contributed by atoms with E-state index in [0.717, 1.165) is 0 Å². The SMILES string of the molecule is CC(=CCC(N)N)C(=O)O. The lowest BCUT2D eigenvalue weighted by atomic mass is 10.2. The van der Waals surface area contributed by atoms with E-state index in [0.29, 0.717) is 6.42 Å². The van der Waals surface area contributed by atoms with Gasteiger partial charge < -0.3 is 16.6 Å². The van der Waals surface area contributed by atoms with Crippen molar-refractivity contribution in [2.24, 2.45) is 11.5 Å². The van der Waals surface area contributed by atoms with E-state index in [2.05, 4.69) is 0 Å². The predicted molar refractivity (Wildman–Crippen MR) is 38.2 cm³/mol. The third-order valence-corrected chi connectivity index (χ3v) is 1.03. The van der Waals surface area contributed by atoms with Crippen LogP contribution >= 0.6 is 0 Å². The molecule has 58 valence electrons. The average Bonchev–Trinajstić information content (AvgIpc) is 1.82. The topological polar surface area (TPSA) is 89.3 Å². The normalized spacial score (nSPS) is 12.2. The van der Waals surface area contributed by atoms with Gasteiger partial charge in [-0.3, -0.25) is 0 Å². The summed E-state index contributed by atoms with van der Waals surface area (Å²) in [6.45, 7) is 1.50. The van der Waals surface area contributed by atoms with E-state index >= 15 is 0 Å². The zero-order chi connectivity index (χ0) is 8.15. The summed E-state index contributed by atoms with van der Waals surface area (Å²) in [6.07, 6.45) is 1.44. The van der Waals surface area contributed by atoms with Crippen LogP contribution in [-0.4, -0.2) is 17.2 Å². The number of carbonyl (C=O) groups is 1. The molecule has 0 aromatic rings. The Kier molecular flexibility index (Phi) is 3.68. The van der Waals surface area contributed by atoms with Crippen LogP contribution in [0, 0.1) is 0 Å². The fourth-order valence-corrected chi connectivity index (χ4v) is 0.400. The zero-order valence-electron chi connectivity index (χ0n) is 5.87. The Bertz CT molecular complexity index is 152. The standard InChI is InChI=1S/C6H12N2O2/c1-4(6(9)10)2-3-5(7)8/h2,5H,3,7-8H2,1H3,(H,9,10). The van der Waals surface area contributed by atoms with Crippen molar-refractivity contribution in [3.63, 3.8) is 0 Å². The van der Waals surface area contributed by atoms with Crippen LogP contribution in [0.15, 0.2) is 11.6 Å². The third kappa shape index (κ3) is 4.05. The van der Waals surface area contributed by atoms with Crippen molar-refractivity contribution in [3.8, 4) is 0 Å². The minimum Gasteiger partial charge on any atom is -0.478 e. The van der Waals surface area contributed by atoms with Gasteiger partial charge in [-0.2, -0.15) is 0 Å². The van der Waals surface area contributed by atoms with Crippen molar-refractivity contribution in [2.75, 3.05) is 0 Å². The van der Waals surface area contributed by atoms with Gasteiger partial charge in [-0.25, -0.2) is 4.79 Å². The van der Waals surface area contributed by atoms with Gasteiger partial charge in [-0.15, -0.1) is 0 Å². The number of hydrogen-bond donors (Lipinski definition) is 3. The summed E-state index contributed by atoms with van der Waals surface area (Å²) in [5.41, 5.74) is 10.6. The van der Waals surface area contributed by atoms with E-state index in [1.54, 1.807) is 0 Å². The maximum atomic E-state index is 10.2. The highest BCUT2D eigenvalue weighted by atomic mass is 16.4. The zero-order valence-corrected chi connectivity index (χ0v) is 5.87. The summed E-state index contributed by atoms with van der Waals surface area (Å²) in [4.78, 5) is 10.2. The Hall–Kier alpha value is -0.870. The number of nitrogens with two attached hydrogens (primary N) is 2. The summed E-state index contributed by atoms with van der Waals surface area (Å²) in [5.74, 6) is -0.930. The molecule has 0 spiro atoms. The molecule has 4 nitrogen and oxygen atoms in total. The fourth-order valence-electron chi connectivity index (χ4n) is 0.400. The molecular weight excluding hydrogens is 132 g/mol. The van der Waals surface area contributed by atoms with E-state index in [1.165, 1.54) is 13.0 Å². The second-order valence-electron chi connectivity index (χ2n) is 2.09. The second-order valence-corrected chi connectivity index (χ2v) is 2.09. The summed E-state index contributed by atoms with van der Waals surface area (Å²) < 4.78 is 0. The molecule has 4 heteroatoms. The molecular formula is C6H12N2O2. The highest BCUT2D eigenvalue weighted by Gasteiger charge is 1.98. The lowest BCUT2D eigenvalue weighted by Crippen LogP contribution is -2.29. The van der Waals surface area contributed by atoms with E-state index in [-0.39, 0.29) is 5.57 Å². The second kappa shape index (κ2) is 4.03. The van der Waals surface area contributed by atoms with Gasteiger partial charge in [0.05, 0.1) is 6.17 Å². The largest absolute Gasteiger partial charge is 0.478 e. The van der Waals surface area contributed by atoms with Crippen LogP contribution in [0.2, 0.25) is 0 Å². The number of aliphatic carboxylic acids is 1. The molecule has 0 saturated heterocycles. The number of carboxylic acids is 1. The Labute approximate surface area is 59.5 Å². The van der Waals surface area contributed by atoms with Crippen LogP contribution in [0.4, 0.5) is 0 Å². The van der Waals surface area contributed by atoms with Crippen molar-refractivity contribution in [1.82, 2.24) is 0 Å². The Balaban J connectivity index is 3.81. The van der Waals surface area contributed by atoms with Crippen molar-refractivity contribution < 1.29 is 9.90 Å². The Morgan fingerprint density at radius 2 is 2.20 bits per heavy atom. The minimum atomic E-state index is -0.930. The van der Waals surface area contributed by atoms with Crippen LogP contribution < -0.4 is 11.5 Å². The molecule has 10 heavy (non-hydrogen) atoms. The summed E-state index contributed by atoms with van der Waals surface area (Å²) >= 11 is 0. The molecule has 0 unspecified atom stereocenters. The average molecular weight is 144 g/mol. The maximum Gasteiger partial charge on any atom is 0.330 e. The molecule has 0 aromatic carbocycles. The number of hydrogen-bond acceptors (Lipinski definition) is 3. The first-order chi connectivity index (χ1) is 4.54. The van der Waals surface area contributed by atoms with E-state index in [1.807, 2.05) is 0 Å². The van der Waals surface area contributed by atoms with Gasteiger partial charge in [-0.1, -0.05) is 6.08 Å². The summed E-state index contributed by atoms with van der Waals surface area (Å²) in [5, 5.41) is 8.34. The predicted octanol–water partition coefficient (Wildman–Crippen LogP) is -0.349. The summed E-state index contributed by atoms with van der Waals surface area (Å²) in [7, 11) is 0. The lowest BCUT2D eigenvalue weighted by Gasteiger charge is -1.98. The van der Waals surface area contributed by atoms with Gasteiger partial charge >= 0.3 is 5.97 Å². The molecule has 0 heterocycles. The quantitative estimate of drug-likeness (QED) is 0.373. The minimum absolute atomic E-state index is 0.279. The first-order valence-electron chi connectivity index (χ1n) is 2.95. The first kappa shape index (κ1) is 9.13. The smallest absolute Gasteiger partial charge is 0.330 e. The van der Waals surface area contributed by atoms with Gasteiger partial charge in [0, 0.05) is 5.57 Å². The van der Waals surface area contributed by atoms with Crippen LogP contribution in [-0.2, 0) is 4.79 Å². The van der Waals surface area contributed by atoms with Crippen molar-refractivity contribution in [3.05, 3.63) is 11.6 Å². The molecule has 0 atom stereocenters. The molecule has 0 amide bonds. The Morgan fingerprint density at radius 3 is 2.50 bits per heavy atom. The van der Waals surface area contributed by atoms with E-state index in [4.69, 9.17) is 16.6 Å².